The summed E-state index contributed by atoms with van der Waals surface area (Å²) < 4.78 is 6.39. The van der Waals surface area contributed by atoms with Crippen LogP contribution in [0.5, 0.6) is 0 Å². The zero-order valence-corrected chi connectivity index (χ0v) is 14.4. The summed E-state index contributed by atoms with van der Waals surface area (Å²) in [6.45, 7) is 1.98. The van der Waals surface area contributed by atoms with E-state index in [9.17, 15) is 4.79 Å². The molecule has 22 heavy (non-hydrogen) atoms. The number of aromatic amines is 1. The molecule has 1 aromatic carbocycles. The number of hydrogen-bond acceptors (Lipinski definition) is 4. The highest BCUT2D eigenvalue weighted by Crippen LogP contribution is 2.28. The fourth-order valence-corrected chi connectivity index (χ4v) is 3.71. The van der Waals surface area contributed by atoms with Gasteiger partial charge in [0.15, 0.2) is 0 Å². The second kappa shape index (κ2) is 6.38. The molecule has 1 aliphatic carbocycles. The first-order valence-corrected chi connectivity index (χ1v) is 8.35. The minimum absolute atomic E-state index is 0.314. The highest BCUT2D eigenvalue weighted by molar-refractivity contribution is 9.10. The molecular formula is C16H20BrN3O2. The van der Waals surface area contributed by atoms with Crippen molar-refractivity contribution >= 4 is 32.7 Å². The molecule has 0 unspecified atom stereocenters. The Hall–Kier alpha value is -1.40. The van der Waals surface area contributed by atoms with E-state index in [1.807, 2.05) is 19.1 Å². The molecule has 118 valence electrons. The number of methoxy groups -OCH3 is 1. The summed E-state index contributed by atoms with van der Waals surface area (Å²) in [5.41, 5.74) is 1.55. The normalized spacial score (nSPS) is 22.0. The number of ether oxygens (including phenoxy) is 1. The Morgan fingerprint density at radius 1 is 1.32 bits per heavy atom. The maximum atomic E-state index is 11.8. The van der Waals surface area contributed by atoms with Crippen molar-refractivity contribution < 1.29 is 4.74 Å². The fraction of sp³-hybridized carbons (Fsp3) is 0.500. The van der Waals surface area contributed by atoms with Crippen LogP contribution in [0.4, 0.5) is 5.82 Å². The van der Waals surface area contributed by atoms with E-state index in [1.54, 1.807) is 7.11 Å². The number of nitrogens with zero attached hydrogens (tertiary/aromatic N) is 1. The van der Waals surface area contributed by atoms with E-state index >= 15 is 0 Å². The molecular weight excluding hydrogens is 346 g/mol. The number of H-pyrrole nitrogens is 1. The van der Waals surface area contributed by atoms with Crippen LogP contribution in [-0.4, -0.2) is 29.2 Å². The first-order chi connectivity index (χ1) is 10.6. The van der Waals surface area contributed by atoms with E-state index in [1.165, 1.54) is 0 Å². The lowest BCUT2D eigenvalue weighted by Gasteiger charge is -2.28. The SMILES string of the molecule is COC1CCC(Nc2nc(=O)[nH]c3c(C)cc(Br)cc23)CC1. The summed E-state index contributed by atoms with van der Waals surface area (Å²) in [6, 6.07) is 4.32. The first-order valence-electron chi connectivity index (χ1n) is 7.56. The molecule has 2 aromatic rings. The van der Waals surface area contributed by atoms with Gasteiger partial charge in [0.1, 0.15) is 5.82 Å². The van der Waals surface area contributed by atoms with Crippen LogP contribution >= 0.6 is 15.9 Å². The Bertz CT molecular complexity index is 736. The third-order valence-electron chi connectivity index (χ3n) is 4.35. The Morgan fingerprint density at radius 2 is 2.05 bits per heavy atom. The van der Waals surface area contributed by atoms with Crippen LogP contribution in [0.1, 0.15) is 31.2 Å². The van der Waals surface area contributed by atoms with Gasteiger partial charge >= 0.3 is 5.69 Å². The summed E-state index contributed by atoms with van der Waals surface area (Å²) in [4.78, 5) is 18.8. The number of fused-ring (bicyclic) bond motifs is 1. The molecule has 1 fully saturated rings. The Labute approximate surface area is 137 Å². The van der Waals surface area contributed by atoms with E-state index in [-0.39, 0.29) is 5.69 Å². The number of aromatic nitrogens is 2. The van der Waals surface area contributed by atoms with Crippen LogP contribution in [0.2, 0.25) is 0 Å². The summed E-state index contributed by atoms with van der Waals surface area (Å²) in [5.74, 6) is 0.670. The largest absolute Gasteiger partial charge is 0.381 e. The third-order valence-corrected chi connectivity index (χ3v) is 4.81. The van der Waals surface area contributed by atoms with Gasteiger partial charge in [-0.2, -0.15) is 4.98 Å². The van der Waals surface area contributed by atoms with Crippen molar-refractivity contribution in [2.45, 2.75) is 44.8 Å². The van der Waals surface area contributed by atoms with Gasteiger partial charge in [-0.15, -0.1) is 0 Å². The Balaban J connectivity index is 1.92. The average molecular weight is 366 g/mol. The average Bonchev–Trinajstić information content (AvgIpc) is 2.49. The van der Waals surface area contributed by atoms with E-state index in [4.69, 9.17) is 4.74 Å². The van der Waals surface area contributed by atoms with Crippen LogP contribution in [0, 0.1) is 6.92 Å². The van der Waals surface area contributed by atoms with Crippen molar-refractivity contribution in [3.8, 4) is 0 Å². The number of aryl methyl sites for hydroxylation is 1. The van der Waals surface area contributed by atoms with Gasteiger partial charge in [-0.3, -0.25) is 0 Å². The van der Waals surface area contributed by atoms with Crippen molar-refractivity contribution in [3.05, 3.63) is 32.7 Å². The zero-order chi connectivity index (χ0) is 15.7. The smallest absolute Gasteiger partial charge is 0.347 e. The monoisotopic (exact) mass is 365 g/mol. The molecule has 6 heteroatoms. The molecule has 1 heterocycles. The number of halogens is 1. The van der Waals surface area contributed by atoms with Crippen molar-refractivity contribution in [2.75, 3.05) is 12.4 Å². The minimum atomic E-state index is -0.314. The number of hydrogen-bond donors (Lipinski definition) is 2. The quantitative estimate of drug-likeness (QED) is 0.874. The van der Waals surface area contributed by atoms with Gasteiger partial charge in [0.2, 0.25) is 0 Å². The van der Waals surface area contributed by atoms with Gasteiger partial charge in [-0.05, 0) is 50.3 Å². The first kappa shape index (κ1) is 15.5. The summed E-state index contributed by atoms with van der Waals surface area (Å²) in [6.07, 6.45) is 4.50. The van der Waals surface area contributed by atoms with Crippen LogP contribution in [0.15, 0.2) is 21.4 Å². The fourth-order valence-electron chi connectivity index (χ4n) is 3.14. The van der Waals surface area contributed by atoms with Gasteiger partial charge in [0.25, 0.3) is 0 Å². The Kier molecular flexibility index (Phi) is 4.49. The van der Waals surface area contributed by atoms with E-state index < -0.39 is 0 Å². The van der Waals surface area contributed by atoms with Gasteiger partial charge in [-0.25, -0.2) is 4.79 Å². The molecule has 0 radical (unpaired) electrons. The Morgan fingerprint density at radius 3 is 2.73 bits per heavy atom. The molecule has 0 spiro atoms. The molecule has 1 aromatic heterocycles. The number of anilines is 1. The molecule has 0 atom stereocenters. The van der Waals surface area contributed by atoms with E-state index in [0.717, 1.165) is 46.6 Å². The highest BCUT2D eigenvalue weighted by atomic mass is 79.9. The zero-order valence-electron chi connectivity index (χ0n) is 12.8. The lowest BCUT2D eigenvalue weighted by Crippen LogP contribution is -2.30. The van der Waals surface area contributed by atoms with Crippen molar-refractivity contribution in [3.63, 3.8) is 0 Å². The van der Waals surface area contributed by atoms with Crippen molar-refractivity contribution in [2.24, 2.45) is 0 Å². The molecule has 2 N–H and O–H groups in total. The molecule has 0 saturated heterocycles. The second-order valence-electron chi connectivity index (χ2n) is 5.89. The van der Waals surface area contributed by atoms with Crippen molar-refractivity contribution in [1.82, 2.24) is 9.97 Å². The summed E-state index contributed by atoms with van der Waals surface area (Å²) in [5, 5.41) is 4.40. The van der Waals surface area contributed by atoms with E-state index in [2.05, 4.69) is 31.2 Å². The van der Waals surface area contributed by atoms with Gasteiger partial charge < -0.3 is 15.0 Å². The van der Waals surface area contributed by atoms with E-state index in [0.29, 0.717) is 18.0 Å². The molecule has 0 aliphatic heterocycles. The lowest BCUT2D eigenvalue weighted by atomic mass is 9.93. The number of rotatable bonds is 3. The molecule has 5 nitrogen and oxygen atoms in total. The maximum Gasteiger partial charge on any atom is 0.347 e. The van der Waals surface area contributed by atoms with Crippen LogP contribution in [0.3, 0.4) is 0 Å². The topological polar surface area (TPSA) is 67.0 Å². The predicted molar refractivity (Wildman–Crippen MR) is 91.5 cm³/mol. The molecule has 0 amide bonds. The molecule has 3 rings (SSSR count). The third kappa shape index (κ3) is 3.17. The van der Waals surface area contributed by atoms with Crippen LogP contribution in [0.25, 0.3) is 10.9 Å². The maximum absolute atomic E-state index is 11.8. The van der Waals surface area contributed by atoms with Crippen LogP contribution < -0.4 is 11.0 Å². The van der Waals surface area contributed by atoms with Crippen molar-refractivity contribution in [1.29, 1.82) is 0 Å². The van der Waals surface area contributed by atoms with Gasteiger partial charge in [0.05, 0.1) is 11.6 Å². The van der Waals surface area contributed by atoms with Gasteiger partial charge in [-0.1, -0.05) is 15.9 Å². The molecule has 1 aliphatic rings. The summed E-state index contributed by atoms with van der Waals surface area (Å²) >= 11 is 3.51. The van der Waals surface area contributed by atoms with Gasteiger partial charge in [0, 0.05) is 23.0 Å². The predicted octanol–water partition coefficient (Wildman–Crippen LogP) is 3.36. The molecule has 0 bridgehead atoms. The standard InChI is InChI=1S/C16H20BrN3O2/c1-9-7-10(17)8-13-14(9)19-16(21)20-15(13)18-11-3-5-12(22-2)6-4-11/h7-8,11-12H,3-6H2,1-2H3,(H2,18,19,20,21). The van der Waals surface area contributed by atoms with Crippen LogP contribution in [-0.2, 0) is 4.74 Å². The lowest BCUT2D eigenvalue weighted by molar-refractivity contribution is 0.0681. The highest BCUT2D eigenvalue weighted by Gasteiger charge is 2.22. The number of benzene rings is 1. The second-order valence-corrected chi connectivity index (χ2v) is 6.81. The number of nitrogens with one attached hydrogen (secondary N) is 2. The molecule has 1 saturated carbocycles. The summed E-state index contributed by atoms with van der Waals surface area (Å²) in [7, 11) is 1.77. The minimum Gasteiger partial charge on any atom is -0.381 e.